The van der Waals surface area contributed by atoms with E-state index in [1.54, 1.807) is 0 Å². The van der Waals surface area contributed by atoms with Crippen LogP contribution in [-0.4, -0.2) is 9.78 Å². The van der Waals surface area contributed by atoms with Gasteiger partial charge in [-0.05, 0) is 24.6 Å². The standard InChI is InChI=1S/C14H13Cl2F3N2/c1-2-4-12-11(8-15)13(16)21(20-12)10-6-3-5-9(7-10)14(17,18)19/h3,5-7H,2,4,8H2,1H3. The van der Waals surface area contributed by atoms with Crippen molar-refractivity contribution >= 4 is 23.2 Å². The minimum atomic E-state index is -4.41. The van der Waals surface area contributed by atoms with Crippen molar-refractivity contribution in [3.05, 3.63) is 46.2 Å². The molecule has 0 saturated heterocycles. The summed E-state index contributed by atoms with van der Waals surface area (Å²) < 4.78 is 39.6. The van der Waals surface area contributed by atoms with Crippen molar-refractivity contribution in [2.45, 2.75) is 31.8 Å². The quantitative estimate of drug-likeness (QED) is 0.698. The molecule has 0 saturated carbocycles. The molecule has 0 spiro atoms. The van der Waals surface area contributed by atoms with E-state index in [0.29, 0.717) is 12.0 Å². The summed E-state index contributed by atoms with van der Waals surface area (Å²) in [5.74, 6) is 0.174. The Morgan fingerprint density at radius 2 is 2.00 bits per heavy atom. The Morgan fingerprint density at radius 3 is 2.57 bits per heavy atom. The van der Waals surface area contributed by atoms with E-state index < -0.39 is 11.7 Å². The van der Waals surface area contributed by atoms with Gasteiger partial charge in [-0.3, -0.25) is 0 Å². The summed E-state index contributed by atoms with van der Waals surface area (Å²) in [7, 11) is 0. The minimum absolute atomic E-state index is 0.174. The highest BCUT2D eigenvalue weighted by molar-refractivity contribution is 6.31. The van der Waals surface area contributed by atoms with Crippen molar-refractivity contribution in [2.24, 2.45) is 0 Å². The first-order chi connectivity index (χ1) is 9.88. The normalized spacial score (nSPS) is 11.9. The molecule has 0 radical (unpaired) electrons. The zero-order valence-electron chi connectivity index (χ0n) is 11.2. The molecular formula is C14H13Cl2F3N2. The number of nitrogens with zero attached hydrogens (tertiary/aromatic N) is 2. The summed E-state index contributed by atoms with van der Waals surface area (Å²) in [6, 6.07) is 4.89. The van der Waals surface area contributed by atoms with Crippen molar-refractivity contribution in [3.63, 3.8) is 0 Å². The lowest BCUT2D eigenvalue weighted by molar-refractivity contribution is -0.137. The maximum absolute atomic E-state index is 12.8. The highest BCUT2D eigenvalue weighted by Crippen LogP contribution is 2.32. The number of hydrogen-bond donors (Lipinski definition) is 0. The largest absolute Gasteiger partial charge is 0.416 e. The summed E-state index contributed by atoms with van der Waals surface area (Å²) in [5.41, 5.74) is 0.909. The Balaban J connectivity index is 2.52. The van der Waals surface area contributed by atoms with Crippen LogP contribution in [0.25, 0.3) is 5.69 Å². The van der Waals surface area contributed by atoms with Gasteiger partial charge in [0, 0.05) is 5.56 Å². The summed E-state index contributed by atoms with van der Waals surface area (Å²) >= 11 is 12.1. The van der Waals surface area contributed by atoms with Gasteiger partial charge in [-0.25, -0.2) is 4.68 Å². The number of aromatic nitrogens is 2. The highest BCUT2D eigenvalue weighted by Gasteiger charge is 2.30. The van der Waals surface area contributed by atoms with Gasteiger partial charge in [-0.2, -0.15) is 18.3 Å². The summed E-state index contributed by atoms with van der Waals surface area (Å²) in [4.78, 5) is 0. The van der Waals surface area contributed by atoms with Gasteiger partial charge >= 0.3 is 6.18 Å². The van der Waals surface area contributed by atoms with Crippen LogP contribution >= 0.6 is 23.2 Å². The molecule has 1 heterocycles. The van der Waals surface area contributed by atoms with Crippen LogP contribution in [-0.2, 0) is 18.5 Å². The van der Waals surface area contributed by atoms with Crippen LogP contribution in [0.4, 0.5) is 13.2 Å². The molecule has 0 N–H and O–H groups in total. The topological polar surface area (TPSA) is 17.8 Å². The molecule has 0 fully saturated rings. The highest BCUT2D eigenvalue weighted by atomic mass is 35.5. The van der Waals surface area contributed by atoms with Gasteiger partial charge in [0.1, 0.15) is 5.15 Å². The average molecular weight is 337 g/mol. The molecular weight excluding hydrogens is 324 g/mol. The van der Waals surface area contributed by atoms with Gasteiger partial charge in [0.2, 0.25) is 0 Å². The van der Waals surface area contributed by atoms with Gasteiger partial charge in [0.15, 0.2) is 0 Å². The lowest BCUT2D eigenvalue weighted by atomic mass is 10.2. The first-order valence-electron chi connectivity index (χ1n) is 6.38. The van der Waals surface area contributed by atoms with E-state index in [2.05, 4.69) is 5.10 Å². The second-order valence-electron chi connectivity index (χ2n) is 4.56. The van der Waals surface area contributed by atoms with Crippen LogP contribution in [0.3, 0.4) is 0 Å². The van der Waals surface area contributed by atoms with Crippen LogP contribution in [0.5, 0.6) is 0 Å². The summed E-state index contributed by atoms with van der Waals surface area (Å²) in [6.45, 7) is 1.98. The van der Waals surface area contributed by atoms with Gasteiger partial charge in [0.05, 0.1) is 22.8 Å². The number of aryl methyl sites for hydroxylation is 1. The van der Waals surface area contributed by atoms with E-state index in [-0.39, 0.29) is 16.7 Å². The Morgan fingerprint density at radius 1 is 1.29 bits per heavy atom. The zero-order valence-corrected chi connectivity index (χ0v) is 12.7. The van der Waals surface area contributed by atoms with E-state index >= 15 is 0 Å². The van der Waals surface area contributed by atoms with Crippen molar-refractivity contribution in [1.82, 2.24) is 9.78 Å². The maximum Gasteiger partial charge on any atom is 0.416 e. The van der Waals surface area contributed by atoms with Crippen LogP contribution < -0.4 is 0 Å². The molecule has 2 rings (SSSR count). The van der Waals surface area contributed by atoms with E-state index in [1.165, 1.54) is 16.8 Å². The van der Waals surface area contributed by atoms with Crippen molar-refractivity contribution in [3.8, 4) is 5.69 Å². The fourth-order valence-corrected chi connectivity index (χ4v) is 2.69. The second-order valence-corrected chi connectivity index (χ2v) is 5.18. The second kappa shape index (κ2) is 6.28. The smallest absolute Gasteiger partial charge is 0.222 e. The predicted molar refractivity (Wildman–Crippen MR) is 77.1 cm³/mol. The number of rotatable bonds is 4. The van der Waals surface area contributed by atoms with Gasteiger partial charge in [-0.1, -0.05) is 31.0 Å². The van der Waals surface area contributed by atoms with E-state index in [1.807, 2.05) is 6.92 Å². The molecule has 2 nitrogen and oxygen atoms in total. The lowest BCUT2D eigenvalue weighted by Crippen LogP contribution is -2.06. The Kier molecular flexibility index (Phi) is 4.84. The predicted octanol–water partition coefficient (Wildman–Crippen LogP) is 5.24. The molecule has 0 atom stereocenters. The van der Waals surface area contributed by atoms with Crippen LogP contribution in [0, 0.1) is 0 Å². The van der Waals surface area contributed by atoms with Crippen LogP contribution in [0.2, 0.25) is 5.15 Å². The molecule has 0 aliphatic rings. The summed E-state index contributed by atoms with van der Waals surface area (Å²) in [5, 5.41) is 4.55. The molecule has 21 heavy (non-hydrogen) atoms. The zero-order chi connectivity index (χ0) is 15.6. The molecule has 0 amide bonds. The fraction of sp³-hybridized carbons (Fsp3) is 0.357. The third-order valence-corrected chi connectivity index (χ3v) is 3.70. The molecule has 0 aliphatic heterocycles. The average Bonchev–Trinajstić information content (AvgIpc) is 2.75. The molecule has 0 aliphatic carbocycles. The molecule has 1 aromatic carbocycles. The third kappa shape index (κ3) is 3.35. The van der Waals surface area contributed by atoms with Gasteiger partial charge in [-0.15, -0.1) is 11.6 Å². The first kappa shape index (κ1) is 16.2. The number of halogens is 5. The molecule has 2 aromatic rings. The molecule has 0 unspecified atom stereocenters. The number of benzene rings is 1. The molecule has 114 valence electrons. The Labute approximate surface area is 130 Å². The van der Waals surface area contributed by atoms with Gasteiger partial charge in [0.25, 0.3) is 0 Å². The molecule has 0 bridgehead atoms. The lowest BCUT2D eigenvalue weighted by Gasteiger charge is -2.09. The van der Waals surface area contributed by atoms with Crippen molar-refractivity contribution < 1.29 is 13.2 Å². The monoisotopic (exact) mass is 336 g/mol. The Bertz CT molecular complexity index is 636. The summed E-state index contributed by atoms with van der Waals surface area (Å²) in [6.07, 6.45) is -2.88. The van der Waals surface area contributed by atoms with E-state index in [4.69, 9.17) is 23.2 Å². The van der Waals surface area contributed by atoms with Crippen LogP contribution in [0.1, 0.15) is 30.2 Å². The minimum Gasteiger partial charge on any atom is -0.222 e. The van der Waals surface area contributed by atoms with Crippen molar-refractivity contribution in [1.29, 1.82) is 0 Å². The van der Waals surface area contributed by atoms with E-state index in [0.717, 1.165) is 24.2 Å². The van der Waals surface area contributed by atoms with Gasteiger partial charge < -0.3 is 0 Å². The van der Waals surface area contributed by atoms with E-state index in [9.17, 15) is 13.2 Å². The van der Waals surface area contributed by atoms with Crippen LogP contribution in [0.15, 0.2) is 24.3 Å². The Hall–Kier alpha value is -1.20. The molecule has 7 heteroatoms. The SMILES string of the molecule is CCCc1nn(-c2cccc(C(F)(F)F)c2)c(Cl)c1CCl. The third-order valence-electron chi connectivity index (χ3n) is 3.04. The first-order valence-corrected chi connectivity index (χ1v) is 7.29. The number of hydrogen-bond acceptors (Lipinski definition) is 1. The van der Waals surface area contributed by atoms with Crippen molar-refractivity contribution in [2.75, 3.05) is 0 Å². The maximum atomic E-state index is 12.8. The number of alkyl halides is 4. The molecule has 1 aromatic heterocycles. The fourth-order valence-electron chi connectivity index (χ4n) is 2.03.